The Kier molecular flexibility index (Phi) is 4.15. The first-order valence-corrected chi connectivity index (χ1v) is 5.50. The first-order chi connectivity index (χ1) is 7.07. The summed E-state index contributed by atoms with van der Waals surface area (Å²) in [6.45, 7) is 6.31. The molecule has 0 fully saturated rings. The zero-order valence-corrected chi connectivity index (χ0v) is 9.75. The number of aliphatic hydroxyl groups is 1. The molecule has 0 heterocycles. The maximum atomic E-state index is 10.1. The fraction of sp³-hybridized carbons (Fsp3) is 0.538. The lowest BCUT2D eigenvalue weighted by Gasteiger charge is -2.14. The minimum Gasteiger partial charge on any atom is -0.507 e. The maximum absolute atomic E-state index is 10.1. The first kappa shape index (κ1) is 12.1. The van der Waals surface area contributed by atoms with Gasteiger partial charge in [-0.05, 0) is 42.4 Å². The highest BCUT2D eigenvalue weighted by atomic mass is 16.3. The SMILES string of the molecule is Cc1ccc(C(C)C)c(O)c1CCCO. The van der Waals surface area contributed by atoms with E-state index >= 15 is 0 Å². The molecule has 2 nitrogen and oxygen atoms in total. The molecule has 1 aromatic carbocycles. The van der Waals surface area contributed by atoms with Crippen molar-refractivity contribution in [3.63, 3.8) is 0 Å². The van der Waals surface area contributed by atoms with Gasteiger partial charge in [-0.2, -0.15) is 0 Å². The quantitative estimate of drug-likeness (QED) is 0.798. The number of aliphatic hydroxyl groups excluding tert-OH is 1. The van der Waals surface area contributed by atoms with E-state index in [0.717, 1.165) is 23.1 Å². The maximum Gasteiger partial charge on any atom is 0.122 e. The molecule has 0 spiro atoms. The van der Waals surface area contributed by atoms with Gasteiger partial charge >= 0.3 is 0 Å². The lowest BCUT2D eigenvalue weighted by Crippen LogP contribution is -1.98. The molecule has 0 unspecified atom stereocenters. The average Bonchev–Trinajstić information content (AvgIpc) is 2.17. The molecule has 0 aliphatic carbocycles. The van der Waals surface area contributed by atoms with Crippen LogP contribution in [0, 0.1) is 6.92 Å². The molecule has 1 aromatic rings. The molecule has 0 aromatic heterocycles. The highest BCUT2D eigenvalue weighted by molar-refractivity contribution is 5.46. The average molecular weight is 208 g/mol. The Bertz CT molecular complexity index is 330. The van der Waals surface area contributed by atoms with Gasteiger partial charge in [0.2, 0.25) is 0 Å². The molecule has 0 radical (unpaired) electrons. The number of aromatic hydroxyl groups is 1. The number of hydrogen-bond acceptors (Lipinski definition) is 2. The zero-order chi connectivity index (χ0) is 11.4. The van der Waals surface area contributed by atoms with Crippen molar-refractivity contribution in [2.45, 2.75) is 39.5 Å². The molecule has 0 bridgehead atoms. The van der Waals surface area contributed by atoms with Crippen molar-refractivity contribution in [2.75, 3.05) is 6.61 Å². The summed E-state index contributed by atoms with van der Waals surface area (Å²) in [4.78, 5) is 0. The third-order valence-electron chi connectivity index (χ3n) is 2.76. The predicted molar refractivity (Wildman–Crippen MR) is 62.3 cm³/mol. The van der Waals surface area contributed by atoms with Gasteiger partial charge in [-0.25, -0.2) is 0 Å². The van der Waals surface area contributed by atoms with E-state index in [4.69, 9.17) is 5.11 Å². The Hall–Kier alpha value is -1.02. The topological polar surface area (TPSA) is 40.5 Å². The fourth-order valence-corrected chi connectivity index (χ4v) is 1.79. The van der Waals surface area contributed by atoms with Gasteiger partial charge in [0.15, 0.2) is 0 Å². The molecule has 0 aliphatic heterocycles. The van der Waals surface area contributed by atoms with Gasteiger partial charge in [-0.1, -0.05) is 26.0 Å². The van der Waals surface area contributed by atoms with Crippen LogP contribution in [0.3, 0.4) is 0 Å². The van der Waals surface area contributed by atoms with Crippen molar-refractivity contribution < 1.29 is 10.2 Å². The summed E-state index contributed by atoms with van der Waals surface area (Å²) in [5.74, 6) is 0.747. The summed E-state index contributed by atoms with van der Waals surface area (Å²) in [6, 6.07) is 4.03. The molecular weight excluding hydrogens is 188 g/mol. The molecule has 0 aliphatic rings. The van der Waals surface area contributed by atoms with Gasteiger partial charge in [0.25, 0.3) is 0 Å². The lowest BCUT2D eigenvalue weighted by atomic mass is 9.94. The minimum absolute atomic E-state index is 0.171. The van der Waals surface area contributed by atoms with E-state index < -0.39 is 0 Å². The van der Waals surface area contributed by atoms with Crippen LogP contribution in [0.4, 0.5) is 0 Å². The van der Waals surface area contributed by atoms with E-state index in [2.05, 4.69) is 13.8 Å². The predicted octanol–water partition coefficient (Wildman–Crippen LogP) is 2.75. The van der Waals surface area contributed by atoms with E-state index in [0.29, 0.717) is 18.1 Å². The van der Waals surface area contributed by atoms with Gasteiger partial charge in [-0.15, -0.1) is 0 Å². The van der Waals surface area contributed by atoms with Gasteiger partial charge in [0.05, 0.1) is 0 Å². The Balaban J connectivity index is 3.06. The van der Waals surface area contributed by atoms with Crippen LogP contribution in [0.1, 0.15) is 42.9 Å². The van der Waals surface area contributed by atoms with Crippen LogP contribution in [-0.4, -0.2) is 16.8 Å². The summed E-state index contributed by atoms with van der Waals surface area (Å²) in [5, 5.41) is 18.9. The summed E-state index contributed by atoms with van der Waals surface area (Å²) < 4.78 is 0. The van der Waals surface area contributed by atoms with Crippen molar-refractivity contribution >= 4 is 0 Å². The number of phenols is 1. The summed E-state index contributed by atoms with van der Waals surface area (Å²) in [5.41, 5.74) is 3.08. The molecule has 1 rings (SSSR count). The molecule has 15 heavy (non-hydrogen) atoms. The van der Waals surface area contributed by atoms with Crippen LogP contribution in [0.15, 0.2) is 12.1 Å². The van der Waals surface area contributed by atoms with Crippen molar-refractivity contribution in [1.82, 2.24) is 0 Å². The van der Waals surface area contributed by atoms with Gasteiger partial charge in [0, 0.05) is 6.61 Å². The Labute approximate surface area is 91.6 Å². The summed E-state index contributed by atoms with van der Waals surface area (Å²) in [6.07, 6.45) is 1.45. The molecule has 2 N–H and O–H groups in total. The van der Waals surface area contributed by atoms with E-state index in [-0.39, 0.29) is 6.61 Å². The molecule has 84 valence electrons. The molecular formula is C13H20O2. The smallest absolute Gasteiger partial charge is 0.122 e. The molecule has 2 heteroatoms. The third-order valence-corrected chi connectivity index (χ3v) is 2.76. The minimum atomic E-state index is 0.171. The van der Waals surface area contributed by atoms with Crippen LogP contribution >= 0.6 is 0 Å². The number of hydrogen-bond donors (Lipinski definition) is 2. The van der Waals surface area contributed by atoms with Crippen LogP contribution < -0.4 is 0 Å². The highest BCUT2D eigenvalue weighted by Crippen LogP contribution is 2.31. The van der Waals surface area contributed by atoms with Crippen LogP contribution in [0.2, 0.25) is 0 Å². The van der Waals surface area contributed by atoms with Crippen molar-refractivity contribution in [2.24, 2.45) is 0 Å². The Morgan fingerprint density at radius 3 is 2.47 bits per heavy atom. The fourth-order valence-electron chi connectivity index (χ4n) is 1.79. The standard InChI is InChI=1S/C13H20O2/c1-9(2)11-7-6-10(3)12(13(11)15)5-4-8-14/h6-7,9,14-15H,4-5,8H2,1-3H3. The van der Waals surface area contributed by atoms with Crippen LogP contribution in [0.25, 0.3) is 0 Å². The van der Waals surface area contributed by atoms with Crippen molar-refractivity contribution in [1.29, 1.82) is 0 Å². The van der Waals surface area contributed by atoms with E-state index in [1.165, 1.54) is 0 Å². The van der Waals surface area contributed by atoms with E-state index in [1.807, 2.05) is 19.1 Å². The van der Waals surface area contributed by atoms with E-state index in [1.54, 1.807) is 0 Å². The summed E-state index contributed by atoms with van der Waals surface area (Å²) in [7, 11) is 0. The number of benzene rings is 1. The van der Waals surface area contributed by atoms with Crippen LogP contribution in [-0.2, 0) is 6.42 Å². The normalized spacial score (nSPS) is 11.0. The number of rotatable bonds is 4. The van der Waals surface area contributed by atoms with E-state index in [9.17, 15) is 5.11 Å². The highest BCUT2D eigenvalue weighted by Gasteiger charge is 2.12. The third kappa shape index (κ3) is 2.72. The Morgan fingerprint density at radius 1 is 1.27 bits per heavy atom. The zero-order valence-electron chi connectivity index (χ0n) is 9.75. The molecule has 0 saturated carbocycles. The van der Waals surface area contributed by atoms with Crippen molar-refractivity contribution in [3.8, 4) is 5.75 Å². The second-order valence-corrected chi connectivity index (χ2v) is 4.28. The summed E-state index contributed by atoms with van der Waals surface area (Å²) >= 11 is 0. The first-order valence-electron chi connectivity index (χ1n) is 5.50. The largest absolute Gasteiger partial charge is 0.507 e. The number of phenolic OH excluding ortho intramolecular Hbond substituents is 1. The van der Waals surface area contributed by atoms with Crippen molar-refractivity contribution in [3.05, 3.63) is 28.8 Å². The second kappa shape index (κ2) is 5.17. The second-order valence-electron chi connectivity index (χ2n) is 4.28. The lowest BCUT2D eigenvalue weighted by molar-refractivity contribution is 0.288. The van der Waals surface area contributed by atoms with Gasteiger partial charge in [0.1, 0.15) is 5.75 Å². The molecule has 0 saturated heterocycles. The molecule has 0 amide bonds. The monoisotopic (exact) mass is 208 g/mol. The molecule has 0 atom stereocenters. The van der Waals surface area contributed by atoms with Gasteiger partial charge < -0.3 is 10.2 Å². The number of aryl methyl sites for hydroxylation is 1. The van der Waals surface area contributed by atoms with Crippen LogP contribution in [0.5, 0.6) is 5.75 Å². The Morgan fingerprint density at radius 2 is 1.93 bits per heavy atom. The van der Waals surface area contributed by atoms with Gasteiger partial charge in [-0.3, -0.25) is 0 Å².